The van der Waals surface area contributed by atoms with Gasteiger partial charge >= 0.3 is 0 Å². The summed E-state index contributed by atoms with van der Waals surface area (Å²) in [5.74, 6) is 1.23. The lowest BCUT2D eigenvalue weighted by atomic mass is 10.1. The number of halogens is 1. The first-order valence-corrected chi connectivity index (χ1v) is 10.0. The maximum atomic E-state index is 13.4. The fraction of sp³-hybridized carbons (Fsp3) is 0.476. The molecule has 2 aliphatic rings. The molecule has 0 radical (unpaired) electrons. The summed E-state index contributed by atoms with van der Waals surface area (Å²) in [6.45, 7) is 6.63. The molecule has 0 unspecified atom stereocenters. The molecule has 6 nitrogen and oxygen atoms in total. The normalized spacial score (nSPS) is 17.7. The van der Waals surface area contributed by atoms with Gasteiger partial charge in [0.2, 0.25) is 5.95 Å². The summed E-state index contributed by atoms with van der Waals surface area (Å²) in [5, 5.41) is 0. The Morgan fingerprint density at radius 1 is 0.929 bits per heavy atom. The number of aromatic nitrogens is 2. The van der Waals surface area contributed by atoms with Gasteiger partial charge in [-0.05, 0) is 44.4 Å². The van der Waals surface area contributed by atoms with Crippen molar-refractivity contribution in [3.05, 3.63) is 47.4 Å². The Labute approximate surface area is 165 Å². The number of anilines is 2. The molecule has 1 amide bonds. The minimum Gasteiger partial charge on any atom is -0.353 e. The lowest BCUT2D eigenvalue weighted by Crippen LogP contribution is -2.49. The van der Waals surface area contributed by atoms with E-state index >= 15 is 0 Å². The molecule has 2 saturated heterocycles. The first kappa shape index (κ1) is 18.7. The highest BCUT2D eigenvalue weighted by atomic mass is 19.1. The van der Waals surface area contributed by atoms with Crippen LogP contribution in [0.5, 0.6) is 0 Å². The van der Waals surface area contributed by atoms with Crippen LogP contribution in [-0.4, -0.2) is 60.0 Å². The number of hydrogen-bond acceptors (Lipinski definition) is 5. The highest BCUT2D eigenvalue weighted by Crippen LogP contribution is 2.22. The molecular formula is C21H26FN5O. The Morgan fingerprint density at radius 2 is 1.68 bits per heavy atom. The van der Waals surface area contributed by atoms with Crippen molar-refractivity contribution in [3.8, 4) is 0 Å². The van der Waals surface area contributed by atoms with E-state index in [2.05, 4.69) is 14.8 Å². The van der Waals surface area contributed by atoms with E-state index in [-0.39, 0.29) is 11.7 Å². The predicted octanol–water partition coefficient (Wildman–Crippen LogP) is 2.88. The molecule has 1 aromatic heterocycles. The second kappa shape index (κ2) is 8.12. The number of carbonyl (C=O) groups excluding carboxylic acids is 1. The summed E-state index contributed by atoms with van der Waals surface area (Å²) in [6, 6.07) is 7.90. The molecule has 0 saturated carbocycles. The first-order chi connectivity index (χ1) is 13.6. The van der Waals surface area contributed by atoms with Crippen LogP contribution >= 0.6 is 0 Å². The van der Waals surface area contributed by atoms with Crippen molar-refractivity contribution in [2.24, 2.45) is 0 Å². The molecular weight excluding hydrogens is 357 g/mol. The van der Waals surface area contributed by atoms with Gasteiger partial charge in [-0.15, -0.1) is 0 Å². The van der Waals surface area contributed by atoms with Crippen molar-refractivity contribution < 1.29 is 9.18 Å². The monoisotopic (exact) mass is 383 g/mol. The fourth-order valence-electron chi connectivity index (χ4n) is 3.88. The van der Waals surface area contributed by atoms with E-state index < -0.39 is 0 Å². The molecule has 1 aromatic carbocycles. The SMILES string of the molecule is Cc1cc(N2CCN(C(=O)c3cccc(F)c3)CC2)nc(N2CCCCC2)n1. The van der Waals surface area contributed by atoms with Crippen molar-refractivity contribution in [2.45, 2.75) is 26.2 Å². The number of benzene rings is 1. The Bertz CT molecular complexity index is 844. The molecule has 0 atom stereocenters. The van der Waals surface area contributed by atoms with Gasteiger partial charge in [0.05, 0.1) is 0 Å². The molecule has 0 N–H and O–H groups in total. The zero-order valence-corrected chi connectivity index (χ0v) is 16.3. The third-order valence-electron chi connectivity index (χ3n) is 5.43. The van der Waals surface area contributed by atoms with Crippen molar-refractivity contribution in [3.63, 3.8) is 0 Å². The van der Waals surface area contributed by atoms with Gasteiger partial charge < -0.3 is 14.7 Å². The summed E-state index contributed by atoms with van der Waals surface area (Å²) < 4.78 is 13.4. The Hall–Kier alpha value is -2.70. The third-order valence-corrected chi connectivity index (χ3v) is 5.43. The molecule has 2 aliphatic heterocycles. The molecule has 2 aromatic rings. The smallest absolute Gasteiger partial charge is 0.254 e. The highest BCUT2D eigenvalue weighted by molar-refractivity contribution is 5.94. The van der Waals surface area contributed by atoms with Crippen molar-refractivity contribution in [2.75, 3.05) is 49.1 Å². The second-order valence-electron chi connectivity index (χ2n) is 7.50. The molecule has 3 heterocycles. The van der Waals surface area contributed by atoms with Crippen LogP contribution in [-0.2, 0) is 0 Å². The zero-order chi connectivity index (χ0) is 19.5. The number of amides is 1. The molecule has 2 fully saturated rings. The van der Waals surface area contributed by atoms with Crippen LogP contribution in [0.2, 0.25) is 0 Å². The molecule has 7 heteroatoms. The quantitative estimate of drug-likeness (QED) is 0.816. The maximum absolute atomic E-state index is 13.4. The number of nitrogens with zero attached hydrogens (tertiary/aromatic N) is 5. The van der Waals surface area contributed by atoms with Gasteiger partial charge in [-0.1, -0.05) is 6.07 Å². The van der Waals surface area contributed by atoms with E-state index in [0.717, 1.165) is 30.5 Å². The zero-order valence-electron chi connectivity index (χ0n) is 16.3. The Balaban J connectivity index is 1.43. The lowest BCUT2D eigenvalue weighted by Gasteiger charge is -2.36. The number of hydrogen-bond donors (Lipinski definition) is 0. The van der Waals surface area contributed by atoms with Gasteiger partial charge in [-0.3, -0.25) is 4.79 Å². The molecule has 0 aliphatic carbocycles. The Kier molecular flexibility index (Phi) is 5.41. The second-order valence-corrected chi connectivity index (χ2v) is 7.50. The summed E-state index contributed by atoms with van der Waals surface area (Å²) in [6.07, 6.45) is 3.65. The van der Waals surface area contributed by atoms with Crippen LogP contribution in [0.4, 0.5) is 16.2 Å². The predicted molar refractivity (Wildman–Crippen MR) is 107 cm³/mol. The number of aryl methyl sites for hydroxylation is 1. The number of piperazine rings is 1. The van der Waals surface area contributed by atoms with E-state index in [9.17, 15) is 9.18 Å². The van der Waals surface area contributed by atoms with Crippen LogP contribution in [0, 0.1) is 12.7 Å². The largest absolute Gasteiger partial charge is 0.353 e. The fourth-order valence-corrected chi connectivity index (χ4v) is 3.88. The highest BCUT2D eigenvalue weighted by Gasteiger charge is 2.24. The van der Waals surface area contributed by atoms with Gasteiger partial charge in [-0.25, -0.2) is 9.37 Å². The lowest BCUT2D eigenvalue weighted by molar-refractivity contribution is 0.0746. The molecule has 0 bridgehead atoms. The van der Waals surface area contributed by atoms with Crippen molar-refractivity contribution in [1.82, 2.24) is 14.9 Å². The van der Waals surface area contributed by atoms with Gasteiger partial charge in [-0.2, -0.15) is 4.98 Å². The number of rotatable bonds is 3. The van der Waals surface area contributed by atoms with E-state index in [0.29, 0.717) is 31.7 Å². The van der Waals surface area contributed by atoms with Crippen molar-refractivity contribution >= 4 is 17.7 Å². The van der Waals surface area contributed by atoms with Gasteiger partial charge in [0.25, 0.3) is 5.91 Å². The molecule has 28 heavy (non-hydrogen) atoms. The summed E-state index contributed by atoms with van der Waals surface area (Å²) in [5.41, 5.74) is 1.36. The number of piperidine rings is 1. The average Bonchev–Trinajstić information content (AvgIpc) is 2.73. The van der Waals surface area contributed by atoms with E-state index in [1.165, 1.54) is 31.4 Å². The van der Waals surface area contributed by atoms with Crippen LogP contribution in [0.1, 0.15) is 35.3 Å². The van der Waals surface area contributed by atoms with E-state index in [1.807, 2.05) is 13.0 Å². The maximum Gasteiger partial charge on any atom is 0.254 e. The van der Waals surface area contributed by atoms with Crippen LogP contribution in [0.15, 0.2) is 30.3 Å². The van der Waals surface area contributed by atoms with Gasteiger partial charge in [0, 0.05) is 56.6 Å². The summed E-state index contributed by atoms with van der Waals surface area (Å²) >= 11 is 0. The van der Waals surface area contributed by atoms with Crippen LogP contribution < -0.4 is 9.80 Å². The topological polar surface area (TPSA) is 52.6 Å². The van der Waals surface area contributed by atoms with Gasteiger partial charge in [0.1, 0.15) is 11.6 Å². The summed E-state index contributed by atoms with van der Waals surface area (Å²) in [7, 11) is 0. The van der Waals surface area contributed by atoms with E-state index in [1.54, 1.807) is 17.0 Å². The standard InChI is InChI=1S/C21H26FN5O/c1-16-14-19(24-21(23-16)27-8-3-2-4-9-27)25-10-12-26(13-11-25)20(28)17-6-5-7-18(22)15-17/h5-7,14-15H,2-4,8-13H2,1H3. The minimum atomic E-state index is -0.383. The molecule has 148 valence electrons. The minimum absolute atomic E-state index is 0.118. The average molecular weight is 383 g/mol. The Morgan fingerprint density at radius 3 is 2.39 bits per heavy atom. The van der Waals surface area contributed by atoms with Crippen LogP contribution in [0.3, 0.4) is 0 Å². The number of carbonyl (C=O) groups is 1. The molecule has 0 spiro atoms. The first-order valence-electron chi connectivity index (χ1n) is 10.0. The van der Waals surface area contributed by atoms with Crippen LogP contribution in [0.25, 0.3) is 0 Å². The summed E-state index contributed by atoms with van der Waals surface area (Å²) in [4.78, 5) is 28.3. The molecule has 4 rings (SSSR count). The third kappa shape index (κ3) is 4.08. The van der Waals surface area contributed by atoms with E-state index in [4.69, 9.17) is 4.98 Å². The van der Waals surface area contributed by atoms with Crippen molar-refractivity contribution in [1.29, 1.82) is 0 Å². The van der Waals surface area contributed by atoms with Gasteiger partial charge in [0.15, 0.2) is 0 Å².